The van der Waals surface area contributed by atoms with Gasteiger partial charge in [0.2, 0.25) is 21.8 Å². The topological polar surface area (TPSA) is 117 Å². The molecule has 0 spiro atoms. The number of likely N-dealkylation sites (N-methyl/N-ethyl adjacent to an activating group) is 1. The molecule has 11 heteroatoms. The van der Waals surface area contributed by atoms with Gasteiger partial charge in [-0.15, -0.1) is 0 Å². The highest BCUT2D eigenvalue weighted by Crippen LogP contribution is 2.30. The normalized spacial score (nSPS) is 14.8. The number of amides is 2. The number of carbonyl (C=O) groups excluding carboxylic acids is 2. The summed E-state index contributed by atoms with van der Waals surface area (Å²) in [5, 5.41) is 5.51. The highest BCUT2D eigenvalue weighted by molar-refractivity contribution is 7.89. The summed E-state index contributed by atoms with van der Waals surface area (Å²) in [6.45, 7) is 4.25. The van der Waals surface area contributed by atoms with E-state index in [1.807, 2.05) is 6.92 Å². The number of ether oxygens (including phenoxy) is 2. The first-order valence-corrected chi connectivity index (χ1v) is 12.7. The molecule has 33 heavy (non-hydrogen) atoms. The van der Waals surface area contributed by atoms with Crippen LogP contribution in [0.25, 0.3) is 0 Å². The van der Waals surface area contributed by atoms with Crippen LogP contribution in [0, 0.1) is 0 Å². The number of nitrogens with one attached hydrogen (secondary N) is 2. The maximum atomic E-state index is 13.0. The number of anilines is 1. The Kier molecular flexibility index (Phi) is 11.0. The number of methoxy groups -OCH3 is 1. The van der Waals surface area contributed by atoms with Gasteiger partial charge in [0.1, 0.15) is 5.75 Å². The molecule has 2 amide bonds. The Hall–Kier alpha value is -2.21. The van der Waals surface area contributed by atoms with Crippen molar-refractivity contribution in [2.24, 2.45) is 0 Å². The van der Waals surface area contributed by atoms with E-state index in [1.54, 1.807) is 25.1 Å². The summed E-state index contributed by atoms with van der Waals surface area (Å²) >= 11 is 0. The first-order valence-electron chi connectivity index (χ1n) is 11.3. The van der Waals surface area contributed by atoms with Crippen LogP contribution in [0.2, 0.25) is 0 Å². The van der Waals surface area contributed by atoms with Crippen LogP contribution in [0.15, 0.2) is 23.1 Å². The molecule has 0 atom stereocenters. The van der Waals surface area contributed by atoms with Crippen molar-refractivity contribution in [2.75, 3.05) is 65.4 Å². The smallest absolute Gasteiger partial charge is 0.243 e. The standard InChI is InChI=1S/C22H36N4O6S/c1-4-32-20-10-9-18(33(29,30)26-12-6-5-7-13-26)15-19(20)24-22(28)17-25(2)16-21(27)23-11-8-14-31-3/h9-10,15H,4-8,11-14,16-17H2,1-3H3,(H,23,27)(H,24,28). The number of nitrogens with zero attached hydrogens (tertiary/aromatic N) is 2. The summed E-state index contributed by atoms with van der Waals surface area (Å²) in [4.78, 5) is 26.3. The van der Waals surface area contributed by atoms with Crippen molar-refractivity contribution in [3.63, 3.8) is 0 Å². The molecule has 10 nitrogen and oxygen atoms in total. The Morgan fingerprint density at radius 3 is 2.48 bits per heavy atom. The van der Waals surface area contributed by atoms with Crippen molar-refractivity contribution < 1.29 is 27.5 Å². The van der Waals surface area contributed by atoms with Gasteiger partial charge in [0, 0.05) is 33.4 Å². The van der Waals surface area contributed by atoms with Gasteiger partial charge in [0.05, 0.1) is 30.3 Å². The van der Waals surface area contributed by atoms with Crippen molar-refractivity contribution >= 4 is 27.5 Å². The predicted molar refractivity (Wildman–Crippen MR) is 126 cm³/mol. The molecule has 2 N–H and O–H groups in total. The number of hydrogen-bond donors (Lipinski definition) is 2. The molecule has 0 aliphatic carbocycles. The van der Waals surface area contributed by atoms with Crippen LogP contribution in [-0.4, -0.2) is 89.5 Å². The lowest BCUT2D eigenvalue weighted by molar-refractivity contribution is -0.123. The zero-order valence-electron chi connectivity index (χ0n) is 19.8. The molecule has 0 saturated carbocycles. The maximum Gasteiger partial charge on any atom is 0.243 e. The molecular weight excluding hydrogens is 448 g/mol. The zero-order chi connectivity index (χ0) is 24.3. The largest absolute Gasteiger partial charge is 0.492 e. The van der Waals surface area contributed by atoms with Gasteiger partial charge in [0.25, 0.3) is 0 Å². The van der Waals surface area contributed by atoms with Crippen LogP contribution in [0.5, 0.6) is 5.75 Å². The van der Waals surface area contributed by atoms with Crippen LogP contribution in [0.3, 0.4) is 0 Å². The molecule has 0 bridgehead atoms. The Bertz CT molecular complexity index is 887. The van der Waals surface area contributed by atoms with E-state index >= 15 is 0 Å². The SMILES string of the molecule is CCOc1ccc(S(=O)(=O)N2CCCCC2)cc1NC(=O)CN(C)CC(=O)NCCCOC. The van der Waals surface area contributed by atoms with Crippen molar-refractivity contribution in [1.82, 2.24) is 14.5 Å². The first kappa shape index (κ1) is 27.0. The Labute approximate surface area is 196 Å². The lowest BCUT2D eigenvalue weighted by Gasteiger charge is -2.26. The van der Waals surface area contributed by atoms with E-state index < -0.39 is 10.0 Å². The average Bonchev–Trinajstić information content (AvgIpc) is 2.78. The van der Waals surface area contributed by atoms with Crippen LogP contribution in [0.4, 0.5) is 5.69 Å². The van der Waals surface area contributed by atoms with Gasteiger partial charge in [0.15, 0.2) is 0 Å². The quantitative estimate of drug-likeness (QED) is 0.405. The highest BCUT2D eigenvalue weighted by atomic mass is 32.2. The summed E-state index contributed by atoms with van der Waals surface area (Å²) in [5.41, 5.74) is 0.289. The van der Waals surface area contributed by atoms with Crippen molar-refractivity contribution in [3.05, 3.63) is 18.2 Å². The molecule has 1 aliphatic rings. The van der Waals surface area contributed by atoms with Crippen LogP contribution in [0.1, 0.15) is 32.6 Å². The van der Waals surface area contributed by atoms with E-state index in [1.165, 1.54) is 16.4 Å². The lowest BCUT2D eigenvalue weighted by Crippen LogP contribution is -2.39. The Balaban J connectivity index is 2.03. The number of piperidine rings is 1. The number of sulfonamides is 1. The van der Waals surface area contributed by atoms with E-state index in [-0.39, 0.29) is 35.5 Å². The first-order chi connectivity index (χ1) is 15.8. The van der Waals surface area contributed by atoms with E-state index in [2.05, 4.69) is 10.6 Å². The number of benzene rings is 1. The molecular formula is C22H36N4O6S. The van der Waals surface area contributed by atoms with Gasteiger partial charge in [-0.2, -0.15) is 4.31 Å². The Morgan fingerprint density at radius 2 is 1.82 bits per heavy atom. The van der Waals surface area contributed by atoms with E-state index in [0.29, 0.717) is 45.0 Å². The molecule has 1 heterocycles. The average molecular weight is 485 g/mol. The number of carbonyl (C=O) groups is 2. The molecule has 0 aromatic heterocycles. The third kappa shape index (κ3) is 8.58. The second kappa shape index (κ2) is 13.5. The molecule has 1 aromatic rings. The minimum Gasteiger partial charge on any atom is -0.492 e. The maximum absolute atomic E-state index is 13.0. The second-order valence-electron chi connectivity index (χ2n) is 7.97. The molecule has 1 fully saturated rings. The third-order valence-electron chi connectivity index (χ3n) is 5.15. The lowest BCUT2D eigenvalue weighted by atomic mass is 10.2. The fraction of sp³-hybridized carbons (Fsp3) is 0.636. The van der Waals surface area contributed by atoms with Crippen LogP contribution in [-0.2, 0) is 24.3 Å². The van der Waals surface area contributed by atoms with Crippen molar-refractivity contribution in [3.8, 4) is 5.75 Å². The molecule has 186 valence electrons. The van der Waals surface area contributed by atoms with Gasteiger partial charge in [-0.25, -0.2) is 8.42 Å². The predicted octanol–water partition coefficient (Wildman–Crippen LogP) is 1.28. The molecule has 0 radical (unpaired) electrons. The van der Waals surface area contributed by atoms with Crippen LogP contribution >= 0.6 is 0 Å². The zero-order valence-corrected chi connectivity index (χ0v) is 20.6. The van der Waals surface area contributed by atoms with Crippen molar-refractivity contribution in [1.29, 1.82) is 0 Å². The van der Waals surface area contributed by atoms with Gasteiger partial charge >= 0.3 is 0 Å². The van der Waals surface area contributed by atoms with E-state index in [9.17, 15) is 18.0 Å². The summed E-state index contributed by atoms with van der Waals surface area (Å²) in [5.74, 6) is -0.175. The molecule has 2 rings (SSSR count). The van der Waals surface area contributed by atoms with E-state index in [0.717, 1.165) is 19.3 Å². The summed E-state index contributed by atoms with van der Waals surface area (Å²) in [6, 6.07) is 4.51. The number of hydrogen-bond acceptors (Lipinski definition) is 7. The fourth-order valence-electron chi connectivity index (χ4n) is 3.54. The van der Waals surface area contributed by atoms with Crippen molar-refractivity contribution in [2.45, 2.75) is 37.5 Å². The van der Waals surface area contributed by atoms with Gasteiger partial charge in [-0.1, -0.05) is 6.42 Å². The highest BCUT2D eigenvalue weighted by Gasteiger charge is 2.27. The summed E-state index contributed by atoms with van der Waals surface area (Å²) in [6.07, 6.45) is 3.41. The van der Waals surface area contributed by atoms with Gasteiger partial charge in [-0.05, 0) is 51.4 Å². The van der Waals surface area contributed by atoms with Gasteiger partial charge in [-0.3, -0.25) is 14.5 Å². The molecule has 1 aliphatic heterocycles. The summed E-state index contributed by atoms with van der Waals surface area (Å²) in [7, 11) is -0.387. The monoisotopic (exact) mass is 484 g/mol. The molecule has 1 saturated heterocycles. The minimum absolute atomic E-state index is 0.0415. The molecule has 0 unspecified atom stereocenters. The Morgan fingerprint density at radius 1 is 1.12 bits per heavy atom. The third-order valence-corrected chi connectivity index (χ3v) is 7.05. The fourth-order valence-corrected chi connectivity index (χ4v) is 5.08. The van der Waals surface area contributed by atoms with Gasteiger partial charge < -0.3 is 20.1 Å². The summed E-state index contributed by atoms with van der Waals surface area (Å²) < 4.78 is 38.1. The van der Waals surface area contributed by atoms with Crippen LogP contribution < -0.4 is 15.4 Å². The minimum atomic E-state index is -3.65. The second-order valence-corrected chi connectivity index (χ2v) is 9.91. The number of rotatable bonds is 13. The molecule has 1 aromatic carbocycles. The van der Waals surface area contributed by atoms with E-state index in [4.69, 9.17) is 9.47 Å².